The van der Waals surface area contributed by atoms with Crippen molar-refractivity contribution in [2.45, 2.75) is 36.9 Å². The van der Waals surface area contributed by atoms with Crippen LogP contribution < -0.4 is 16.0 Å². The van der Waals surface area contributed by atoms with E-state index in [0.717, 1.165) is 10.6 Å². The fraction of sp³-hybridized carbons (Fsp3) is 0.304. The molecule has 9 nitrogen and oxygen atoms in total. The quantitative estimate of drug-likeness (QED) is 0.413. The Morgan fingerprint density at radius 1 is 1.33 bits per heavy atom. The number of Topliss-reactive ketones (excluding diaryl/α,β-unsaturated/α-hetero) is 1. The lowest BCUT2D eigenvalue weighted by Gasteiger charge is -2.42. The number of carbonyl (C=O) groups is 2. The van der Waals surface area contributed by atoms with Crippen LogP contribution in [0.4, 0.5) is 10.3 Å². The molecule has 2 aliphatic rings. The first kappa shape index (κ1) is 24.6. The highest BCUT2D eigenvalue weighted by Gasteiger charge is 2.45. The number of nitrogens with one attached hydrogen (secondary N) is 1. The fourth-order valence-corrected chi connectivity index (χ4v) is 7.46. The maximum Gasteiger partial charge on any atom is 0.236 e. The van der Waals surface area contributed by atoms with E-state index in [-0.39, 0.29) is 28.7 Å². The number of allylic oxidation sites excluding steroid dienone is 3. The van der Waals surface area contributed by atoms with Gasteiger partial charge in [0.1, 0.15) is 5.82 Å². The van der Waals surface area contributed by atoms with Crippen molar-refractivity contribution in [1.82, 2.24) is 15.2 Å². The van der Waals surface area contributed by atoms with E-state index < -0.39 is 5.92 Å². The Labute approximate surface area is 223 Å². The maximum atomic E-state index is 13.5. The SMILES string of the molecule is CC1(C)CC(=O)C2=C(C1)N(c1nnc(SCC(=O)Nc3nccs3)s1)C(N)=C(C#N)C2c1cccs1. The molecule has 1 aliphatic carbocycles. The number of thiazole rings is 1. The van der Waals surface area contributed by atoms with Gasteiger partial charge in [0.2, 0.25) is 11.0 Å². The van der Waals surface area contributed by atoms with Crippen molar-refractivity contribution >= 4 is 67.7 Å². The molecule has 0 bridgehead atoms. The van der Waals surface area contributed by atoms with Gasteiger partial charge < -0.3 is 11.1 Å². The summed E-state index contributed by atoms with van der Waals surface area (Å²) in [6, 6.07) is 6.11. The van der Waals surface area contributed by atoms with E-state index in [1.54, 1.807) is 16.5 Å². The summed E-state index contributed by atoms with van der Waals surface area (Å²) in [4.78, 5) is 32.4. The number of hydrogen-bond acceptors (Lipinski definition) is 12. The smallest absolute Gasteiger partial charge is 0.236 e. The van der Waals surface area contributed by atoms with Crippen molar-refractivity contribution < 1.29 is 9.59 Å². The fourth-order valence-electron chi connectivity index (χ4n) is 4.39. The van der Waals surface area contributed by atoms with Crippen molar-refractivity contribution in [2.24, 2.45) is 11.1 Å². The number of anilines is 2. The number of amides is 1. The van der Waals surface area contributed by atoms with Crippen molar-refractivity contribution in [3.05, 3.63) is 56.6 Å². The molecule has 36 heavy (non-hydrogen) atoms. The highest BCUT2D eigenvalue weighted by atomic mass is 32.2. The van der Waals surface area contributed by atoms with Crippen LogP contribution in [-0.2, 0) is 9.59 Å². The molecule has 1 amide bonds. The molecule has 4 heterocycles. The topological polar surface area (TPSA) is 138 Å². The summed E-state index contributed by atoms with van der Waals surface area (Å²) < 4.78 is 0.578. The van der Waals surface area contributed by atoms with E-state index in [1.165, 1.54) is 45.8 Å². The number of nitriles is 1. The number of thioether (sulfide) groups is 1. The lowest BCUT2D eigenvalue weighted by molar-refractivity contribution is -0.118. The molecular formula is C23H21N7O2S4. The van der Waals surface area contributed by atoms with Crippen LogP contribution in [0.5, 0.6) is 0 Å². The standard InChI is InChI=1S/C23H21N7O2S4/c1-23(2)8-13-18(14(31)9-23)17(15-4-3-6-33-15)12(10-24)19(25)30(13)21-28-29-22(36-21)35-11-16(32)27-20-26-5-7-34-20/h3-7,17H,8-9,11,25H2,1-2H3,(H,26,27,32). The molecule has 184 valence electrons. The molecule has 1 aliphatic heterocycles. The second-order valence-corrected chi connectivity index (χ2v) is 13.1. The largest absolute Gasteiger partial charge is 0.384 e. The van der Waals surface area contributed by atoms with E-state index in [9.17, 15) is 14.9 Å². The third-order valence-electron chi connectivity index (χ3n) is 5.80. The summed E-state index contributed by atoms with van der Waals surface area (Å²) in [5, 5.41) is 26.1. The summed E-state index contributed by atoms with van der Waals surface area (Å²) in [7, 11) is 0. The number of carbonyl (C=O) groups excluding carboxylic acids is 2. The molecule has 3 N–H and O–H groups in total. The number of rotatable bonds is 6. The first-order valence-corrected chi connectivity index (χ1v) is 14.5. The monoisotopic (exact) mass is 555 g/mol. The first-order valence-electron chi connectivity index (χ1n) is 10.9. The number of hydrogen-bond donors (Lipinski definition) is 2. The predicted molar refractivity (Wildman–Crippen MR) is 143 cm³/mol. The van der Waals surface area contributed by atoms with Gasteiger partial charge in [0, 0.05) is 34.1 Å². The Balaban J connectivity index is 1.48. The zero-order valence-electron chi connectivity index (χ0n) is 19.3. The minimum absolute atomic E-state index is 0.0165. The predicted octanol–water partition coefficient (Wildman–Crippen LogP) is 4.73. The Kier molecular flexibility index (Phi) is 6.69. The normalized spacial score (nSPS) is 19.3. The average molecular weight is 556 g/mol. The van der Waals surface area contributed by atoms with E-state index >= 15 is 0 Å². The first-order chi connectivity index (χ1) is 17.3. The minimum Gasteiger partial charge on any atom is -0.384 e. The molecule has 1 atom stereocenters. The lowest BCUT2D eigenvalue weighted by atomic mass is 9.70. The molecule has 0 radical (unpaired) electrons. The Morgan fingerprint density at radius 2 is 2.17 bits per heavy atom. The van der Waals surface area contributed by atoms with Crippen molar-refractivity contribution in [1.29, 1.82) is 5.26 Å². The van der Waals surface area contributed by atoms with Gasteiger partial charge in [0.25, 0.3) is 0 Å². The van der Waals surface area contributed by atoms with Crippen LogP contribution in [0.25, 0.3) is 0 Å². The van der Waals surface area contributed by atoms with E-state index in [2.05, 4.69) is 40.4 Å². The Hall–Kier alpha value is -3.05. The van der Waals surface area contributed by atoms with Crippen molar-refractivity contribution in [3.63, 3.8) is 0 Å². The van der Waals surface area contributed by atoms with Crippen LogP contribution >= 0.6 is 45.8 Å². The Bertz CT molecular complexity index is 1410. The van der Waals surface area contributed by atoms with Gasteiger partial charge in [0.15, 0.2) is 15.3 Å². The van der Waals surface area contributed by atoms with Gasteiger partial charge in [-0.25, -0.2) is 4.98 Å². The zero-order chi connectivity index (χ0) is 25.4. The van der Waals surface area contributed by atoms with Gasteiger partial charge in [0.05, 0.1) is 23.3 Å². The summed E-state index contributed by atoms with van der Waals surface area (Å²) in [5.74, 6) is -0.263. The molecular weight excluding hydrogens is 535 g/mol. The van der Waals surface area contributed by atoms with Crippen LogP contribution in [0.2, 0.25) is 0 Å². The second-order valence-electron chi connectivity index (χ2n) is 9.02. The second kappa shape index (κ2) is 9.78. The molecule has 1 unspecified atom stereocenters. The van der Waals surface area contributed by atoms with Crippen LogP contribution in [0.3, 0.4) is 0 Å². The number of ketones is 1. The molecule has 0 aromatic carbocycles. The summed E-state index contributed by atoms with van der Waals surface area (Å²) in [5.41, 5.74) is 8.05. The van der Waals surface area contributed by atoms with Gasteiger partial charge in [-0.2, -0.15) is 5.26 Å². The third kappa shape index (κ3) is 4.69. The summed E-state index contributed by atoms with van der Waals surface area (Å²) >= 11 is 5.37. The van der Waals surface area contributed by atoms with Gasteiger partial charge in [-0.3, -0.25) is 14.5 Å². The van der Waals surface area contributed by atoms with Crippen LogP contribution in [0, 0.1) is 16.7 Å². The molecule has 3 aromatic rings. The summed E-state index contributed by atoms with van der Waals surface area (Å²) in [6.07, 6.45) is 2.62. The van der Waals surface area contributed by atoms with Crippen molar-refractivity contribution in [3.8, 4) is 6.07 Å². The molecule has 5 rings (SSSR count). The lowest BCUT2D eigenvalue weighted by Crippen LogP contribution is -2.42. The minimum atomic E-state index is -0.485. The summed E-state index contributed by atoms with van der Waals surface area (Å²) in [6.45, 7) is 4.10. The third-order valence-corrected chi connectivity index (χ3v) is 9.47. The molecule has 13 heteroatoms. The Morgan fingerprint density at radius 3 is 2.86 bits per heavy atom. The van der Waals surface area contributed by atoms with Crippen molar-refractivity contribution in [2.75, 3.05) is 16.0 Å². The zero-order valence-corrected chi connectivity index (χ0v) is 22.6. The number of nitrogens with zero attached hydrogens (tertiary/aromatic N) is 5. The highest BCUT2D eigenvalue weighted by molar-refractivity contribution is 8.01. The van der Waals surface area contributed by atoms with Gasteiger partial charge in [-0.05, 0) is 23.3 Å². The molecule has 3 aromatic heterocycles. The van der Waals surface area contributed by atoms with Crippen LogP contribution in [0.1, 0.15) is 37.5 Å². The van der Waals surface area contributed by atoms with Gasteiger partial charge in [-0.1, -0.05) is 43.0 Å². The van der Waals surface area contributed by atoms with E-state index in [1.807, 2.05) is 17.5 Å². The van der Waals surface area contributed by atoms with Crippen LogP contribution in [-0.4, -0.2) is 32.6 Å². The highest BCUT2D eigenvalue weighted by Crippen LogP contribution is 2.51. The number of aromatic nitrogens is 3. The molecule has 0 spiro atoms. The molecule has 0 saturated heterocycles. The number of thiophene rings is 1. The average Bonchev–Trinajstić information content (AvgIpc) is 3.59. The van der Waals surface area contributed by atoms with Crippen LogP contribution in [0.15, 0.2) is 56.1 Å². The maximum absolute atomic E-state index is 13.5. The molecule has 0 fully saturated rings. The molecule has 0 saturated carbocycles. The van der Waals surface area contributed by atoms with E-state index in [4.69, 9.17) is 5.73 Å². The van der Waals surface area contributed by atoms with Gasteiger partial charge >= 0.3 is 0 Å². The van der Waals surface area contributed by atoms with Gasteiger partial charge in [-0.15, -0.1) is 32.9 Å². The number of nitrogens with two attached hydrogens (primary N) is 1. The van der Waals surface area contributed by atoms with E-state index in [0.29, 0.717) is 38.6 Å².